The Hall–Kier alpha value is -2.16. The van der Waals surface area contributed by atoms with E-state index in [9.17, 15) is 13.2 Å². The van der Waals surface area contributed by atoms with Gasteiger partial charge in [-0.3, -0.25) is 0 Å². The number of para-hydroxylation sites is 1. The van der Waals surface area contributed by atoms with E-state index in [2.05, 4.69) is 9.71 Å². The average Bonchev–Trinajstić information content (AvgIpc) is 2.58. The van der Waals surface area contributed by atoms with E-state index in [4.69, 9.17) is 4.42 Å². The quantitative estimate of drug-likeness (QED) is 0.665. The fourth-order valence-corrected chi connectivity index (χ4v) is 3.38. The Morgan fingerprint density at radius 3 is 2.48 bits per heavy atom. The van der Waals surface area contributed by atoms with Crippen molar-refractivity contribution in [2.45, 2.75) is 17.5 Å². The number of nitrogens with zero attached hydrogens (tertiary/aromatic N) is 1. The van der Waals surface area contributed by atoms with Crippen LogP contribution in [0.4, 0.5) is 0 Å². The molecule has 3 aromatic rings. The first kappa shape index (κ1) is 17.7. The van der Waals surface area contributed by atoms with Gasteiger partial charge in [-0.25, -0.2) is 22.9 Å². The third-order valence-electron chi connectivity index (χ3n) is 3.44. The predicted molar refractivity (Wildman–Crippen MR) is 98.0 cm³/mol. The zero-order valence-corrected chi connectivity index (χ0v) is 15.1. The number of aromatic nitrogens is 1. The maximum atomic E-state index is 11.9. The molecule has 0 aliphatic heterocycles. The van der Waals surface area contributed by atoms with E-state index in [0.29, 0.717) is 21.9 Å². The molecule has 0 radical (unpaired) electrons. The third kappa shape index (κ3) is 4.91. The van der Waals surface area contributed by atoms with Crippen LogP contribution in [0.3, 0.4) is 0 Å². The van der Waals surface area contributed by atoms with Crippen LogP contribution in [0.2, 0.25) is 0 Å². The molecule has 0 saturated carbocycles. The topological polar surface area (TPSA) is 89.3 Å². The molecule has 1 aromatic heterocycles. The number of fused-ring (bicyclic) bond motifs is 1. The van der Waals surface area contributed by atoms with Crippen molar-refractivity contribution in [3.8, 4) is 0 Å². The highest BCUT2D eigenvalue weighted by molar-refractivity contribution is 7.98. The van der Waals surface area contributed by atoms with Crippen molar-refractivity contribution >= 4 is 32.7 Å². The maximum absolute atomic E-state index is 11.9. The molecule has 2 aromatic carbocycles. The summed E-state index contributed by atoms with van der Waals surface area (Å²) in [6.45, 7) is 0.257. The van der Waals surface area contributed by atoms with E-state index in [0.717, 1.165) is 17.4 Å². The Labute approximate surface area is 149 Å². The van der Waals surface area contributed by atoms with Crippen LogP contribution < -0.4 is 10.3 Å². The summed E-state index contributed by atoms with van der Waals surface area (Å²) >= 11 is 1.34. The van der Waals surface area contributed by atoms with Crippen LogP contribution in [-0.2, 0) is 22.3 Å². The van der Waals surface area contributed by atoms with Gasteiger partial charge in [0.25, 0.3) is 5.22 Å². The van der Waals surface area contributed by atoms with Crippen LogP contribution in [0.25, 0.3) is 10.9 Å². The largest absolute Gasteiger partial charge is 0.397 e. The van der Waals surface area contributed by atoms with E-state index in [1.807, 2.05) is 30.3 Å². The van der Waals surface area contributed by atoms with Gasteiger partial charge in [0, 0.05) is 12.3 Å². The minimum atomic E-state index is -3.21. The minimum absolute atomic E-state index is 0.257. The van der Waals surface area contributed by atoms with E-state index < -0.39 is 15.6 Å². The van der Waals surface area contributed by atoms with E-state index in [1.165, 1.54) is 11.8 Å². The monoisotopic (exact) mass is 376 g/mol. The first-order valence-electron chi connectivity index (χ1n) is 7.46. The molecule has 1 N–H and O–H groups in total. The number of sulfonamides is 1. The van der Waals surface area contributed by atoms with Crippen LogP contribution in [0.15, 0.2) is 63.0 Å². The maximum Gasteiger partial charge on any atom is 0.347 e. The Morgan fingerprint density at radius 2 is 1.76 bits per heavy atom. The van der Waals surface area contributed by atoms with Crippen molar-refractivity contribution in [2.24, 2.45) is 0 Å². The van der Waals surface area contributed by atoms with E-state index in [-0.39, 0.29) is 6.54 Å². The third-order valence-corrected chi connectivity index (χ3v) is 5.01. The Kier molecular flexibility index (Phi) is 5.22. The number of thioether (sulfide) groups is 1. The number of benzene rings is 2. The first-order chi connectivity index (χ1) is 11.9. The molecule has 0 spiro atoms. The van der Waals surface area contributed by atoms with Crippen LogP contribution in [-0.4, -0.2) is 19.7 Å². The summed E-state index contributed by atoms with van der Waals surface area (Å²) in [4.78, 5) is 16.3. The molecule has 0 bridgehead atoms. The molecule has 0 aliphatic carbocycles. The lowest BCUT2D eigenvalue weighted by molar-refractivity contribution is 0.401. The van der Waals surface area contributed by atoms with Gasteiger partial charge in [-0.1, -0.05) is 48.2 Å². The molecule has 0 saturated heterocycles. The standard InChI is InChI=1S/C17H16N2O4S2/c1-25(21,22)18-10-12-6-8-13(9-7-12)11-24-17-19-15-5-3-2-4-14(15)16(20)23-17/h2-9,18H,10-11H2,1H3. The molecule has 6 nitrogen and oxygen atoms in total. The van der Waals surface area contributed by atoms with E-state index in [1.54, 1.807) is 18.2 Å². The van der Waals surface area contributed by atoms with Crippen LogP contribution in [0.1, 0.15) is 11.1 Å². The number of hydrogen-bond acceptors (Lipinski definition) is 6. The van der Waals surface area contributed by atoms with Gasteiger partial charge in [0.2, 0.25) is 10.0 Å². The molecular weight excluding hydrogens is 360 g/mol. The van der Waals surface area contributed by atoms with Crippen molar-refractivity contribution in [1.82, 2.24) is 9.71 Å². The number of rotatable bonds is 6. The molecular formula is C17H16N2O4S2. The fourth-order valence-electron chi connectivity index (χ4n) is 2.17. The minimum Gasteiger partial charge on any atom is -0.397 e. The van der Waals surface area contributed by atoms with Crippen molar-refractivity contribution in [3.05, 3.63) is 70.1 Å². The molecule has 0 aliphatic rings. The lowest BCUT2D eigenvalue weighted by Gasteiger charge is -2.05. The summed E-state index contributed by atoms with van der Waals surface area (Å²) in [5.41, 5.74) is 2.11. The zero-order valence-electron chi connectivity index (χ0n) is 13.4. The Balaban J connectivity index is 1.66. The molecule has 25 heavy (non-hydrogen) atoms. The van der Waals surface area contributed by atoms with Crippen LogP contribution in [0.5, 0.6) is 0 Å². The summed E-state index contributed by atoms with van der Waals surface area (Å²) in [6.07, 6.45) is 1.13. The van der Waals surface area contributed by atoms with Crippen molar-refractivity contribution < 1.29 is 12.8 Å². The smallest absolute Gasteiger partial charge is 0.347 e. The SMILES string of the molecule is CS(=O)(=O)NCc1ccc(CSc2nc3ccccc3c(=O)o2)cc1. The fraction of sp³-hybridized carbons (Fsp3) is 0.176. The second-order valence-electron chi connectivity index (χ2n) is 5.48. The normalized spacial score (nSPS) is 11.7. The first-order valence-corrected chi connectivity index (χ1v) is 10.3. The van der Waals surface area contributed by atoms with Gasteiger partial charge in [-0.2, -0.15) is 0 Å². The summed E-state index contributed by atoms with van der Waals surface area (Å²) in [6, 6.07) is 14.6. The highest BCUT2D eigenvalue weighted by Gasteiger charge is 2.07. The van der Waals surface area contributed by atoms with Crippen LogP contribution in [0, 0.1) is 0 Å². The van der Waals surface area contributed by atoms with Gasteiger partial charge in [0.05, 0.1) is 17.2 Å². The van der Waals surface area contributed by atoms with Gasteiger partial charge < -0.3 is 4.42 Å². The van der Waals surface area contributed by atoms with Gasteiger partial charge in [-0.05, 0) is 23.3 Å². The van der Waals surface area contributed by atoms with E-state index >= 15 is 0 Å². The zero-order chi connectivity index (χ0) is 17.9. The van der Waals surface area contributed by atoms with Crippen molar-refractivity contribution in [1.29, 1.82) is 0 Å². The summed E-state index contributed by atoms with van der Waals surface area (Å²) in [5.74, 6) is 0.591. The lowest BCUT2D eigenvalue weighted by atomic mass is 10.1. The summed E-state index contributed by atoms with van der Waals surface area (Å²) in [5, 5.41) is 0.793. The number of hydrogen-bond donors (Lipinski definition) is 1. The summed E-state index contributed by atoms with van der Waals surface area (Å²) < 4.78 is 29.9. The molecule has 3 rings (SSSR count). The summed E-state index contributed by atoms with van der Waals surface area (Å²) in [7, 11) is -3.21. The van der Waals surface area contributed by atoms with Crippen molar-refractivity contribution in [3.63, 3.8) is 0 Å². The van der Waals surface area contributed by atoms with Gasteiger partial charge in [0.15, 0.2) is 0 Å². The molecule has 0 atom stereocenters. The molecule has 130 valence electrons. The highest BCUT2D eigenvalue weighted by Crippen LogP contribution is 2.22. The van der Waals surface area contributed by atoms with Gasteiger partial charge in [0.1, 0.15) is 0 Å². The number of nitrogens with one attached hydrogen (secondary N) is 1. The predicted octanol–water partition coefficient (Wildman–Crippen LogP) is 2.53. The second-order valence-corrected chi connectivity index (χ2v) is 8.24. The van der Waals surface area contributed by atoms with Gasteiger partial charge >= 0.3 is 5.63 Å². The second kappa shape index (κ2) is 7.38. The lowest BCUT2D eigenvalue weighted by Crippen LogP contribution is -2.21. The average molecular weight is 376 g/mol. The molecule has 8 heteroatoms. The highest BCUT2D eigenvalue weighted by atomic mass is 32.2. The Morgan fingerprint density at radius 1 is 1.08 bits per heavy atom. The molecule has 0 unspecified atom stereocenters. The molecule has 0 amide bonds. The molecule has 0 fully saturated rings. The van der Waals surface area contributed by atoms with Crippen LogP contribution >= 0.6 is 11.8 Å². The molecule has 1 heterocycles. The Bertz CT molecular complexity index is 1040. The van der Waals surface area contributed by atoms with Gasteiger partial charge in [-0.15, -0.1) is 0 Å². The van der Waals surface area contributed by atoms with Crippen molar-refractivity contribution in [2.75, 3.05) is 6.26 Å².